The second-order valence-electron chi connectivity index (χ2n) is 4.35. The molecule has 0 bridgehead atoms. The number of rotatable bonds is 3. The Bertz CT molecular complexity index is 500. The molecule has 0 N–H and O–H groups in total. The quantitative estimate of drug-likeness (QED) is 0.838. The molecule has 0 amide bonds. The van der Waals surface area contributed by atoms with Crippen LogP contribution in [0.15, 0.2) is 35.1 Å². The average molecular weight is 297 g/mol. The molecule has 0 aliphatic carbocycles. The monoisotopic (exact) mass is 296 g/mol. The van der Waals surface area contributed by atoms with Crippen LogP contribution in [-0.4, -0.2) is 9.55 Å². The highest BCUT2D eigenvalue weighted by molar-refractivity contribution is 9.10. The molecular weight excluding hydrogens is 283 g/mol. The van der Waals surface area contributed by atoms with Crippen LogP contribution in [0.3, 0.4) is 0 Å². The lowest BCUT2D eigenvalue weighted by atomic mass is 10.2. The van der Waals surface area contributed by atoms with Crippen molar-refractivity contribution in [1.29, 1.82) is 0 Å². The highest BCUT2D eigenvalue weighted by Crippen LogP contribution is 2.18. The molecule has 2 rings (SSSR count). The number of hydrogen-bond donors (Lipinski definition) is 0. The lowest BCUT2D eigenvalue weighted by molar-refractivity contribution is 0.618. The molecule has 17 heavy (non-hydrogen) atoms. The van der Waals surface area contributed by atoms with Crippen molar-refractivity contribution in [1.82, 2.24) is 9.55 Å². The van der Waals surface area contributed by atoms with Gasteiger partial charge in [0.25, 0.3) is 0 Å². The van der Waals surface area contributed by atoms with Crippen LogP contribution in [0.25, 0.3) is 0 Å². The average Bonchev–Trinajstić information content (AvgIpc) is 2.63. The summed E-state index contributed by atoms with van der Waals surface area (Å²) < 4.78 is 16.1. The van der Waals surface area contributed by atoms with Crippen molar-refractivity contribution >= 4 is 15.9 Å². The van der Waals surface area contributed by atoms with Crippen molar-refractivity contribution in [2.75, 3.05) is 0 Å². The summed E-state index contributed by atoms with van der Waals surface area (Å²) in [5, 5.41) is 0. The van der Waals surface area contributed by atoms with Crippen LogP contribution in [-0.2, 0) is 6.54 Å². The highest BCUT2D eigenvalue weighted by Gasteiger charge is 2.08. The molecule has 90 valence electrons. The number of benzene rings is 1. The Balaban J connectivity index is 2.28. The van der Waals surface area contributed by atoms with Gasteiger partial charge in [0.05, 0.1) is 0 Å². The zero-order chi connectivity index (χ0) is 12.4. The summed E-state index contributed by atoms with van der Waals surface area (Å²) in [4.78, 5) is 4.31. The Hall–Kier alpha value is -1.16. The van der Waals surface area contributed by atoms with Crippen molar-refractivity contribution in [2.24, 2.45) is 0 Å². The molecule has 1 aromatic carbocycles. The minimum Gasteiger partial charge on any atom is -0.330 e. The summed E-state index contributed by atoms with van der Waals surface area (Å²) in [6, 6.07) is 4.93. The fraction of sp³-hybridized carbons (Fsp3) is 0.308. The number of halogens is 2. The van der Waals surface area contributed by atoms with Crippen LogP contribution in [0.4, 0.5) is 4.39 Å². The summed E-state index contributed by atoms with van der Waals surface area (Å²) in [5.41, 5.74) is 0.928. The van der Waals surface area contributed by atoms with Crippen LogP contribution in [0.1, 0.15) is 31.2 Å². The maximum absolute atomic E-state index is 13.3. The molecule has 0 aliphatic heterocycles. The summed E-state index contributed by atoms with van der Waals surface area (Å²) in [6.45, 7) is 4.84. The van der Waals surface area contributed by atoms with E-state index in [1.54, 1.807) is 12.3 Å². The molecule has 0 saturated carbocycles. The molecule has 2 nitrogen and oxygen atoms in total. The number of aromatic nitrogens is 2. The first-order valence-electron chi connectivity index (χ1n) is 5.52. The fourth-order valence-electron chi connectivity index (χ4n) is 1.85. The molecule has 0 fully saturated rings. The molecule has 0 atom stereocenters. The number of imidazole rings is 1. The van der Waals surface area contributed by atoms with E-state index in [0.717, 1.165) is 15.9 Å². The molecule has 4 heteroatoms. The van der Waals surface area contributed by atoms with E-state index in [2.05, 4.69) is 34.8 Å². The zero-order valence-corrected chi connectivity index (χ0v) is 11.4. The van der Waals surface area contributed by atoms with Crippen molar-refractivity contribution in [3.05, 3.63) is 52.3 Å². The zero-order valence-electron chi connectivity index (χ0n) is 9.82. The van der Waals surface area contributed by atoms with Gasteiger partial charge in [-0.05, 0) is 23.8 Å². The number of nitrogens with zero attached hydrogens (tertiary/aromatic N) is 2. The van der Waals surface area contributed by atoms with E-state index in [1.807, 2.05) is 16.8 Å². The van der Waals surface area contributed by atoms with Gasteiger partial charge in [-0.15, -0.1) is 0 Å². The van der Waals surface area contributed by atoms with Crippen molar-refractivity contribution in [3.8, 4) is 0 Å². The normalized spacial score (nSPS) is 11.1. The van der Waals surface area contributed by atoms with Crippen molar-refractivity contribution in [3.63, 3.8) is 0 Å². The van der Waals surface area contributed by atoms with Gasteiger partial charge < -0.3 is 4.57 Å². The van der Waals surface area contributed by atoms with E-state index < -0.39 is 0 Å². The predicted molar refractivity (Wildman–Crippen MR) is 69.5 cm³/mol. The largest absolute Gasteiger partial charge is 0.330 e. The predicted octanol–water partition coefficient (Wildman–Crippen LogP) is 3.96. The maximum atomic E-state index is 13.3. The Morgan fingerprint density at radius 2 is 2.12 bits per heavy atom. The van der Waals surface area contributed by atoms with Crippen LogP contribution in [0.2, 0.25) is 0 Å². The summed E-state index contributed by atoms with van der Waals surface area (Å²) in [7, 11) is 0. The third-order valence-electron chi connectivity index (χ3n) is 2.54. The van der Waals surface area contributed by atoms with Crippen LogP contribution < -0.4 is 0 Å². The Morgan fingerprint density at radius 1 is 1.35 bits per heavy atom. The first-order chi connectivity index (χ1) is 8.06. The minimum absolute atomic E-state index is 0.222. The van der Waals surface area contributed by atoms with Gasteiger partial charge in [-0.3, -0.25) is 0 Å². The van der Waals surface area contributed by atoms with Gasteiger partial charge in [0.2, 0.25) is 0 Å². The third-order valence-corrected chi connectivity index (χ3v) is 3.00. The summed E-state index contributed by atoms with van der Waals surface area (Å²) in [6.07, 6.45) is 3.71. The molecule has 0 unspecified atom stereocenters. The van der Waals surface area contributed by atoms with Gasteiger partial charge in [-0.25, -0.2) is 9.37 Å². The maximum Gasteiger partial charge on any atom is 0.124 e. The lowest BCUT2D eigenvalue weighted by Gasteiger charge is -2.10. The Labute approximate surface area is 109 Å². The van der Waals surface area contributed by atoms with E-state index in [-0.39, 0.29) is 5.82 Å². The van der Waals surface area contributed by atoms with Gasteiger partial charge in [-0.1, -0.05) is 29.8 Å². The SMILES string of the molecule is CC(C)c1nccn1Cc1cc(F)cc(Br)c1. The molecular formula is C13H14BrFN2. The second kappa shape index (κ2) is 5.00. The van der Waals surface area contributed by atoms with Gasteiger partial charge in [-0.2, -0.15) is 0 Å². The van der Waals surface area contributed by atoms with E-state index in [1.165, 1.54) is 6.07 Å². The molecule has 0 aliphatic rings. The van der Waals surface area contributed by atoms with Crippen LogP contribution in [0.5, 0.6) is 0 Å². The van der Waals surface area contributed by atoms with E-state index in [4.69, 9.17) is 0 Å². The van der Waals surface area contributed by atoms with Crippen molar-refractivity contribution in [2.45, 2.75) is 26.3 Å². The van der Waals surface area contributed by atoms with Gasteiger partial charge in [0.1, 0.15) is 11.6 Å². The molecule has 0 spiro atoms. The van der Waals surface area contributed by atoms with E-state index >= 15 is 0 Å². The minimum atomic E-state index is -0.222. The van der Waals surface area contributed by atoms with E-state index in [0.29, 0.717) is 12.5 Å². The molecule has 1 heterocycles. The first kappa shape index (κ1) is 12.3. The topological polar surface area (TPSA) is 17.8 Å². The highest BCUT2D eigenvalue weighted by atomic mass is 79.9. The standard InChI is InChI=1S/C13H14BrFN2/c1-9(2)13-16-3-4-17(13)8-10-5-11(14)7-12(15)6-10/h3-7,9H,8H2,1-2H3. The van der Waals surface area contributed by atoms with E-state index in [9.17, 15) is 4.39 Å². The van der Waals surface area contributed by atoms with Crippen LogP contribution in [0, 0.1) is 5.82 Å². The third kappa shape index (κ3) is 2.94. The molecule has 1 aromatic heterocycles. The van der Waals surface area contributed by atoms with Crippen molar-refractivity contribution < 1.29 is 4.39 Å². The molecule has 2 aromatic rings. The Morgan fingerprint density at radius 3 is 2.76 bits per heavy atom. The second-order valence-corrected chi connectivity index (χ2v) is 5.26. The Kier molecular flexibility index (Phi) is 3.62. The van der Waals surface area contributed by atoms with Gasteiger partial charge in [0.15, 0.2) is 0 Å². The van der Waals surface area contributed by atoms with Gasteiger partial charge >= 0.3 is 0 Å². The molecule has 0 saturated heterocycles. The summed E-state index contributed by atoms with van der Waals surface area (Å²) >= 11 is 3.30. The smallest absolute Gasteiger partial charge is 0.124 e. The summed E-state index contributed by atoms with van der Waals surface area (Å²) in [5.74, 6) is 1.16. The fourth-order valence-corrected chi connectivity index (χ4v) is 2.37. The van der Waals surface area contributed by atoms with Gasteiger partial charge in [0, 0.05) is 29.3 Å². The molecule has 0 radical (unpaired) electrons. The van der Waals surface area contributed by atoms with Crippen LogP contribution >= 0.6 is 15.9 Å². The first-order valence-corrected chi connectivity index (χ1v) is 6.31. The lowest BCUT2D eigenvalue weighted by Crippen LogP contribution is -2.06. The number of hydrogen-bond acceptors (Lipinski definition) is 1.